The van der Waals surface area contributed by atoms with Crippen LogP contribution in [-0.4, -0.2) is 115 Å². The van der Waals surface area contributed by atoms with E-state index in [0.717, 1.165) is 18.2 Å². The number of carboxylic acid groups (broad SMARTS) is 1. The van der Waals surface area contributed by atoms with E-state index in [1.165, 1.54) is 40.6 Å². The van der Waals surface area contributed by atoms with Crippen molar-refractivity contribution in [1.29, 1.82) is 0 Å². The third kappa shape index (κ3) is 23.0. The number of carbonyl (C=O) groups is 7. The molecule has 1 aliphatic rings. The number of carboxylic acids is 1. The Balaban J connectivity index is 0.000000349. The van der Waals surface area contributed by atoms with Gasteiger partial charge in [0.2, 0.25) is 30.0 Å². The van der Waals surface area contributed by atoms with E-state index in [2.05, 4.69) is 77.0 Å². The highest BCUT2D eigenvalue weighted by molar-refractivity contribution is 7.85. The Kier molecular flexibility index (Phi) is 26.4. The van der Waals surface area contributed by atoms with Gasteiger partial charge in [0.1, 0.15) is 23.6 Å². The van der Waals surface area contributed by atoms with Crippen LogP contribution in [0.4, 0.5) is 0 Å². The predicted molar refractivity (Wildman–Crippen MR) is 293 cm³/mol. The highest BCUT2D eigenvalue weighted by Gasteiger charge is 2.28. The number of unbranched alkanes of at least 4 members (excludes halogenated alkanes) is 1. The van der Waals surface area contributed by atoms with Gasteiger partial charge in [-0.05, 0) is 111 Å². The van der Waals surface area contributed by atoms with Crippen molar-refractivity contribution >= 4 is 84.2 Å². The number of amides is 6. The van der Waals surface area contributed by atoms with Gasteiger partial charge in [0.05, 0.1) is 25.3 Å². The number of hydrogen-bond acceptors (Lipinski definition) is 11. The molecule has 2 atom stereocenters. The number of likely N-dealkylation sites (tertiary alicyclic amines) is 1. The zero-order valence-electron chi connectivity index (χ0n) is 44.0. The maximum absolute atomic E-state index is 13.7. The van der Waals surface area contributed by atoms with Gasteiger partial charge in [-0.1, -0.05) is 99.5 Å². The molecule has 0 saturated carbocycles. The topological polar surface area (TPSA) is 267 Å². The SMILES string of the molecule is CC(C)(C)NC(=O)C(CCCC(=O)O)NC(=O)CNC=O.CCCC.CCOc1ccc2ccccc2c1C(=O)NC(Cc1ccc(CS(=O)(=O)O)cc1)C(=O)NCC(=O)N1CCCC1.Cc1csc2ccccc12. The zero-order chi connectivity index (χ0) is 55.6. The number of rotatable bonds is 21. The average Bonchev–Trinajstić information content (AvgIpc) is 4.05. The van der Waals surface area contributed by atoms with E-state index in [0.29, 0.717) is 53.9 Å². The number of carbonyl (C=O) groups excluding carboxylic acids is 6. The third-order valence-corrected chi connectivity index (χ3v) is 13.1. The molecule has 2 heterocycles. The summed E-state index contributed by atoms with van der Waals surface area (Å²) in [6, 6.07) is 23.9. The Morgan fingerprint density at radius 1 is 0.800 bits per heavy atom. The van der Waals surface area contributed by atoms with Crippen LogP contribution >= 0.6 is 11.3 Å². The highest BCUT2D eigenvalue weighted by Crippen LogP contribution is 2.29. The fraction of sp³-hybridized carbons (Fsp3) is 0.436. The van der Waals surface area contributed by atoms with Crippen molar-refractivity contribution in [3.8, 4) is 5.75 Å². The highest BCUT2D eigenvalue weighted by atomic mass is 32.2. The molecule has 4 aromatic carbocycles. The average molecular weight is 1080 g/mol. The summed E-state index contributed by atoms with van der Waals surface area (Å²) in [7, 11) is -4.19. The van der Waals surface area contributed by atoms with Crippen LogP contribution in [0, 0.1) is 6.92 Å². The number of hydrogen-bond donors (Lipinski definition) is 7. The molecular formula is C55H74N6O12S2. The van der Waals surface area contributed by atoms with Crippen LogP contribution < -0.4 is 31.3 Å². The van der Waals surface area contributed by atoms with Gasteiger partial charge in [-0.2, -0.15) is 8.42 Å². The molecule has 5 aromatic rings. The van der Waals surface area contributed by atoms with Crippen LogP contribution in [-0.2, 0) is 51.1 Å². The van der Waals surface area contributed by atoms with Gasteiger partial charge in [-0.15, -0.1) is 11.3 Å². The number of aryl methyl sites for hydroxylation is 1. The van der Waals surface area contributed by atoms with E-state index in [-0.39, 0.29) is 50.6 Å². The van der Waals surface area contributed by atoms with E-state index < -0.39 is 57.2 Å². The van der Waals surface area contributed by atoms with Gasteiger partial charge >= 0.3 is 5.97 Å². The standard InChI is InChI=1S/C29H33N3O7S.C13H23N3O5.C9H8S.C4H10/c1-2-39-25-14-13-22-7-3-4-8-23(22)27(25)29(35)31-24(28(34)30-18-26(33)32-15-5-6-16-32)17-20-9-11-21(12-10-20)19-40(36,37)38;1-13(2,3)16-12(21)9(5-4-6-11(19)20)15-10(18)7-14-8-17;1-7-6-10-9-5-3-2-4-8(7)9;1-3-4-2/h3-4,7-14,24H,2,5-6,15-19H2,1H3,(H,30,34)(H,31,35)(H,36,37,38);8-9H,4-7H2,1-3H3,(H,14,17)(H,15,18)(H,16,21)(H,19,20);2-6H,1H3;3-4H2,1-2H3. The van der Waals surface area contributed by atoms with Gasteiger partial charge in [0, 0.05) is 36.2 Å². The molecule has 1 fully saturated rings. The molecule has 18 nitrogen and oxygen atoms in total. The molecule has 7 N–H and O–H groups in total. The Morgan fingerprint density at radius 2 is 1.43 bits per heavy atom. The molecule has 6 rings (SSSR count). The number of fused-ring (bicyclic) bond motifs is 2. The molecule has 20 heteroatoms. The lowest BCUT2D eigenvalue weighted by Crippen LogP contribution is -2.53. The minimum atomic E-state index is -4.19. The molecule has 0 bridgehead atoms. The summed E-state index contributed by atoms with van der Waals surface area (Å²) in [6.07, 6.45) is 5.35. The number of nitrogens with one attached hydrogen (secondary N) is 5. The number of thiophene rings is 1. The summed E-state index contributed by atoms with van der Waals surface area (Å²) in [5, 5.41) is 26.6. The summed E-state index contributed by atoms with van der Waals surface area (Å²) in [6.45, 7) is 15.0. The van der Waals surface area contributed by atoms with Crippen molar-refractivity contribution in [1.82, 2.24) is 31.5 Å². The minimum Gasteiger partial charge on any atom is -0.493 e. The molecule has 1 aromatic heterocycles. The lowest BCUT2D eigenvalue weighted by atomic mass is 10.0. The fourth-order valence-electron chi connectivity index (χ4n) is 7.46. The first-order valence-electron chi connectivity index (χ1n) is 25.1. The second-order valence-corrected chi connectivity index (χ2v) is 21.1. The van der Waals surface area contributed by atoms with E-state index in [1.807, 2.05) is 48.6 Å². The van der Waals surface area contributed by atoms with Crippen LogP contribution in [0.3, 0.4) is 0 Å². The van der Waals surface area contributed by atoms with E-state index in [4.69, 9.17) is 14.4 Å². The minimum absolute atomic E-state index is 0.0797. The molecule has 1 aliphatic heterocycles. The van der Waals surface area contributed by atoms with Crippen molar-refractivity contribution in [2.45, 2.75) is 123 Å². The lowest BCUT2D eigenvalue weighted by Gasteiger charge is -2.25. The Morgan fingerprint density at radius 3 is 2.01 bits per heavy atom. The zero-order valence-corrected chi connectivity index (χ0v) is 45.7. The number of benzene rings is 4. The second kappa shape index (κ2) is 31.7. The largest absolute Gasteiger partial charge is 0.493 e. The first-order valence-corrected chi connectivity index (χ1v) is 27.5. The van der Waals surface area contributed by atoms with Crippen LogP contribution in [0.2, 0.25) is 0 Å². The summed E-state index contributed by atoms with van der Waals surface area (Å²) in [5.74, 6) is -3.21. The number of ether oxygens (including phenoxy) is 1. The van der Waals surface area contributed by atoms with Crippen LogP contribution in [0.25, 0.3) is 20.9 Å². The van der Waals surface area contributed by atoms with Gasteiger partial charge in [-0.3, -0.25) is 38.1 Å². The monoisotopic (exact) mass is 1070 g/mol. The maximum atomic E-state index is 13.7. The van der Waals surface area contributed by atoms with Crippen molar-refractivity contribution in [3.63, 3.8) is 0 Å². The molecule has 75 heavy (non-hydrogen) atoms. The third-order valence-electron chi connectivity index (χ3n) is 11.3. The van der Waals surface area contributed by atoms with E-state index in [9.17, 15) is 42.0 Å². The summed E-state index contributed by atoms with van der Waals surface area (Å²) in [5.41, 5.74) is 2.25. The van der Waals surface area contributed by atoms with Crippen LogP contribution in [0.5, 0.6) is 5.75 Å². The molecule has 408 valence electrons. The molecule has 0 spiro atoms. The molecule has 0 radical (unpaired) electrons. The predicted octanol–water partition coefficient (Wildman–Crippen LogP) is 7.11. The Bertz CT molecular complexity index is 2770. The second-order valence-electron chi connectivity index (χ2n) is 18.7. The number of nitrogens with zero attached hydrogens (tertiary/aromatic N) is 1. The molecular weight excluding hydrogens is 1000 g/mol. The van der Waals surface area contributed by atoms with Crippen molar-refractivity contribution in [2.24, 2.45) is 0 Å². The van der Waals surface area contributed by atoms with Crippen LogP contribution in [0.15, 0.2) is 90.3 Å². The molecule has 0 aliphatic carbocycles. The van der Waals surface area contributed by atoms with Crippen LogP contribution in [0.1, 0.15) is 114 Å². The molecule has 1 saturated heterocycles. The lowest BCUT2D eigenvalue weighted by molar-refractivity contribution is -0.137. The molecule has 6 amide bonds. The first-order chi connectivity index (χ1) is 35.6. The van der Waals surface area contributed by atoms with Gasteiger partial charge < -0.3 is 41.3 Å². The fourth-order valence-corrected chi connectivity index (χ4v) is 9.01. The normalized spacial score (nSPS) is 12.7. The summed E-state index contributed by atoms with van der Waals surface area (Å²) in [4.78, 5) is 85.5. The van der Waals surface area contributed by atoms with Gasteiger partial charge in [-0.25, -0.2) is 0 Å². The summed E-state index contributed by atoms with van der Waals surface area (Å²) < 4.78 is 38.7. The van der Waals surface area contributed by atoms with Gasteiger partial charge in [0.15, 0.2) is 0 Å². The van der Waals surface area contributed by atoms with Crippen molar-refractivity contribution < 1.29 is 56.4 Å². The maximum Gasteiger partial charge on any atom is 0.303 e. The Hall–Kier alpha value is -6.90. The van der Waals surface area contributed by atoms with Crippen molar-refractivity contribution in [2.75, 3.05) is 32.8 Å². The number of aliphatic carboxylic acids is 1. The smallest absolute Gasteiger partial charge is 0.303 e. The summed E-state index contributed by atoms with van der Waals surface area (Å²) >= 11 is 1.81. The van der Waals surface area contributed by atoms with E-state index in [1.54, 1.807) is 43.9 Å². The Labute approximate surface area is 444 Å². The van der Waals surface area contributed by atoms with E-state index >= 15 is 0 Å². The molecule has 2 unspecified atom stereocenters. The van der Waals surface area contributed by atoms with Gasteiger partial charge in [0.25, 0.3) is 16.0 Å². The first kappa shape index (κ1) is 62.4. The quantitative estimate of drug-likeness (QED) is 0.0286. The van der Waals surface area contributed by atoms with Crippen molar-refractivity contribution in [3.05, 3.63) is 113 Å².